The van der Waals surface area contributed by atoms with Gasteiger partial charge in [0.15, 0.2) is 0 Å². The lowest BCUT2D eigenvalue weighted by molar-refractivity contribution is 0.0901. The van der Waals surface area contributed by atoms with Crippen molar-refractivity contribution in [3.8, 4) is 0 Å². The Hall–Kier alpha value is -1.51. The van der Waals surface area contributed by atoms with Crippen molar-refractivity contribution in [3.63, 3.8) is 0 Å². The summed E-state index contributed by atoms with van der Waals surface area (Å²) in [5.74, 6) is 0.484. The van der Waals surface area contributed by atoms with Crippen LogP contribution in [-0.2, 0) is 6.42 Å². The average Bonchev–Trinajstić information content (AvgIpc) is 2.32. The summed E-state index contributed by atoms with van der Waals surface area (Å²) in [5, 5.41) is 9.23. The van der Waals surface area contributed by atoms with Gasteiger partial charge in [-0.3, -0.25) is 0 Å². The minimum Gasteiger partial charge on any atom is -0.465 e. The maximum absolute atomic E-state index is 11.2. The lowest BCUT2D eigenvalue weighted by Crippen LogP contribution is -2.46. The summed E-state index contributed by atoms with van der Waals surface area (Å²) in [6.07, 6.45) is 2.15. The second-order valence-corrected chi connectivity index (χ2v) is 4.96. The average molecular weight is 233 g/mol. The smallest absolute Gasteiger partial charge is 0.407 e. The third kappa shape index (κ3) is 2.99. The van der Waals surface area contributed by atoms with Crippen molar-refractivity contribution in [2.45, 2.75) is 32.2 Å². The number of piperidine rings is 1. The van der Waals surface area contributed by atoms with E-state index in [2.05, 4.69) is 19.1 Å². The van der Waals surface area contributed by atoms with Crippen LogP contribution in [0.4, 0.5) is 4.79 Å². The number of nitrogens with zero attached hydrogens (tertiary/aromatic N) is 1. The van der Waals surface area contributed by atoms with Crippen molar-refractivity contribution in [1.82, 2.24) is 4.90 Å². The Kier molecular flexibility index (Phi) is 3.67. The van der Waals surface area contributed by atoms with Crippen molar-refractivity contribution in [2.75, 3.05) is 6.54 Å². The summed E-state index contributed by atoms with van der Waals surface area (Å²) in [6, 6.07) is 10.3. The molecule has 1 N–H and O–H groups in total. The van der Waals surface area contributed by atoms with Gasteiger partial charge < -0.3 is 10.0 Å². The fourth-order valence-corrected chi connectivity index (χ4v) is 2.54. The van der Waals surface area contributed by atoms with Crippen LogP contribution in [0.5, 0.6) is 0 Å². The monoisotopic (exact) mass is 233 g/mol. The number of rotatable bonds is 2. The van der Waals surface area contributed by atoms with Crippen LogP contribution in [0.2, 0.25) is 0 Å². The van der Waals surface area contributed by atoms with Gasteiger partial charge in [0.25, 0.3) is 0 Å². The van der Waals surface area contributed by atoms with E-state index in [0.717, 1.165) is 19.3 Å². The Bertz CT molecular complexity index is 377. The molecule has 1 aromatic carbocycles. The van der Waals surface area contributed by atoms with Gasteiger partial charge >= 0.3 is 6.09 Å². The molecule has 3 nitrogen and oxygen atoms in total. The molecule has 1 aliphatic heterocycles. The SMILES string of the molecule is CC1CCC(Cc2ccccc2)N(C(=O)O)C1. The van der Waals surface area contributed by atoms with Gasteiger partial charge in [-0.2, -0.15) is 0 Å². The molecule has 0 saturated carbocycles. The molecule has 1 amide bonds. The van der Waals surface area contributed by atoms with Gasteiger partial charge in [0.2, 0.25) is 0 Å². The van der Waals surface area contributed by atoms with E-state index in [9.17, 15) is 9.90 Å². The number of hydrogen-bond acceptors (Lipinski definition) is 1. The molecular formula is C14H19NO2. The molecule has 1 heterocycles. The minimum absolute atomic E-state index is 0.145. The molecule has 1 saturated heterocycles. The molecule has 0 aliphatic carbocycles. The van der Waals surface area contributed by atoms with Crippen molar-refractivity contribution in [1.29, 1.82) is 0 Å². The van der Waals surface area contributed by atoms with Crippen molar-refractivity contribution >= 4 is 6.09 Å². The molecule has 3 heteroatoms. The van der Waals surface area contributed by atoms with Crippen LogP contribution < -0.4 is 0 Å². The van der Waals surface area contributed by atoms with Crippen LogP contribution in [0.25, 0.3) is 0 Å². The van der Waals surface area contributed by atoms with Crippen LogP contribution in [0, 0.1) is 5.92 Å². The normalized spacial score (nSPS) is 24.6. The zero-order valence-electron chi connectivity index (χ0n) is 10.2. The molecule has 92 valence electrons. The molecule has 2 rings (SSSR count). The van der Waals surface area contributed by atoms with Gasteiger partial charge in [0.05, 0.1) is 0 Å². The summed E-state index contributed by atoms with van der Waals surface area (Å²) in [5.41, 5.74) is 1.22. The Morgan fingerprint density at radius 3 is 2.71 bits per heavy atom. The molecule has 1 fully saturated rings. The number of carbonyl (C=O) groups is 1. The van der Waals surface area contributed by atoms with E-state index in [1.54, 1.807) is 4.90 Å². The summed E-state index contributed by atoms with van der Waals surface area (Å²) >= 11 is 0. The van der Waals surface area contributed by atoms with E-state index >= 15 is 0 Å². The first kappa shape index (κ1) is 12.0. The Morgan fingerprint density at radius 1 is 1.35 bits per heavy atom. The van der Waals surface area contributed by atoms with E-state index < -0.39 is 6.09 Å². The predicted octanol–water partition coefficient (Wildman–Crippen LogP) is 3.01. The summed E-state index contributed by atoms with van der Waals surface area (Å²) in [7, 11) is 0. The largest absolute Gasteiger partial charge is 0.465 e. The van der Waals surface area contributed by atoms with E-state index in [1.165, 1.54) is 5.56 Å². The quantitative estimate of drug-likeness (QED) is 0.853. The number of likely N-dealkylation sites (tertiary alicyclic amines) is 1. The minimum atomic E-state index is -0.780. The van der Waals surface area contributed by atoms with E-state index in [4.69, 9.17) is 0 Å². The second kappa shape index (κ2) is 5.21. The standard InChI is InChI=1S/C14H19NO2/c1-11-7-8-13(15(10-11)14(16)17)9-12-5-3-2-4-6-12/h2-6,11,13H,7-10H2,1H3,(H,16,17). The van der Waals surface area contributed by atoms with Crippen molar-refractivity contribution in [2.24, 2.45) is 5.92 Å². The molecule has 17 heavy (non-hydrogen) atoms. The highest BCUT2D eigenvalue weighted by Crippen LogP contribution is 2.24. The first-order valence-electron chi connectivity index (χ1n) is 6.20. The highest BCUT2D eigenvalue weighted by Gasteiger charge is 2.29. The highest BCUT2D eigenvalue weighted by atomic mass is 16.4. The number of amides is 1. The van der Waals surface area contributed by atoms with Gasteiger partial charge in [0, 0.05) is 12.6 Å². The van der Waals surface area contributed by atoms with Gasteiger partial charge in [-0.05, 0) is 30.7 Å². The molecule has 0 spiro atoms. The van der Waals surface area contributed by atoms with Crippen LogP contribution in [-0.4, -0.2) is 28.7 Å². The van der Waals surface area contributed by atoms with E-state index in [0.29, 0.717) is 12.5 Å². The highest BCUT2D eigenvalue weighted by molar-refractivity contribution is 5.65. The summed E-state index contributed by atoms with van der Waals surface area (Å²) in [4.78, 5) is 12.8. The van der Waals surface area contributed by atoms with E-state index in [-0.39, 0.29) is 6.04 Å². The first-order chi connectivity index (χ1) is 8.16. The van der Waals surface area contributed by atoms with Gasteiger partial charge in [-0.1, -0.05) is 37.3 Å². The lowest BCUT2D eigenvalue weighted by Gasteiger charge is -2.36. The summed E-state index contributed by atoms with van der Waals surface area (Å²) < 4.78 is 0. The Morgan fingerprint density at radius 2 is 2.06 bits per heavy atom. The van der Waals surface area contributed by atoms with Crippen LogP contribution in [0.1, 0.15) is 25.3 Å². The van der Waals surface area contributed by atoms with Crippen LogP contribution >= 0.6 is 0 Å². The molecule has 1 aliphatic rings. The zero-order chi connectivity index (χ0) is 12.3. The van der Waals surface area contributed by atoms with Crippen molar-refractivity contribution in [3.05, 3.63) is 35.9 Å². The molecule has 0 aromatic heterocycles. The molecule has 1 aromatic rings. The number of benzene rings is 1. The van der Waals surface area contributed by atoms with Crippen LogP contribution in [0.15, 0.2) is 30.3 Å². The lowest BCUT2D eigenvalue weighted by atomic mass is 9.91. The molecule has 0 radical (unpaired) electrons. The van der Waals surface area contributed by atoms with Crippen molar-refractivity contribution < 1.29 is 9.90 Å². The Labute approximate surface area is 102 Å². The maximum Gasteiger partial charge on any atom is 0.407 e. The molecule has 2 atom stereocenters. The summed E-state index contributed by atoms with van der Waals surface area (Å²) in [6.45, 7) is 2.79. The second-order valence-electron chi connectivity index (χ2n) is 4.96. The number of hydrogen-bond donors (Lipinski definition) is 1. The van der Waals surface area contributed by atoms with E-state index in [1.807, 2.05) is 18.2 Å². The van der Waals surface area contributed by atoms with Gasteiger partial charge in [-0.25, -0.2) is 4.79 Å². The van der Waals surface area contributed by atoms with Gasteiger partial charge in [0.1, 0.15) is 0 Å². The topological polar surface area (TPSA) is 40.5 Å². The number of carboxylic acid groups (broad SMARTS) is 1. The predicted molar refractivity (Wildman–Crippen MR) is 67.1 cm³/mol. The fraction of sp³-hybridized carbons (Fsp3) is 0.500. The fourth-order valence-electron chi connectivity index (χ4n) is 2.54. The van der Waals surface area contributed by atoms with Gasteiger partial charge in [-0.15, -0.1) is 0 Å². The third-order valence-corrected chi connectivity index (χ3v) is 3.50. The molecule has 0 bridgehead atoms. The third-order valence-electron chi connectivity index (χ3n) is 3.50. The van der Waals surface area contributed by atoms with Crippen LogP contribution in [0.3, 0.4) is 0 Å². The Balaban J connectivity index is 2.06. The molecular weight excluding hydrogens is 214 g/mol. The first-order valence-corrected chi connectivity index (χ1v) is 6.20. The zero-order valence-corrected chi connectivity index (χ0v) is 10.2. The molecule has 2 unspecified atom stereocenters. The maximum atomic E-state index is 11.2.